The topological polar surface area (TPSA) is 76.7 Å². The Bertz CT molecular complexity index is 844. The second-order valence-electron chi connectivity index (χ2n) is 6.92. The number of hydrogen-bond acceptors (Lipinski definition) is 4. The summed E-state index contributed by atoms with van der Waals surface area (Å²) < 4.78 is 10.5. The van der Waals surface area contributed by atoms with E-state index in [1.807, 2.05) is 24.3 Å². The third-order valence-corrected chi connectivity index (χ3v) is 5.02. The lowest BCUT2D eigenvalue weighted by Gasteiger charge is -2.13. The fourth-order valence-corrected chi connectivity index (χ4v) is 3.46. The largest absolute Gasteiger partial charge is 0.497 e. The van der Waals surface area contributed by atoms with Crippen LogP contribution in [-0.2, 0) is 11.3 Å². The molecule has 148 valence electrons. The molecule has 2 N–H and O–H groups in total. The molecule has 0 heterocycles. The SMILES string of the molecule is COc1ccc(OC)c(C(=O)NCc2cccc(NC(=O)C3CCCC3)c2)c1. The maximum atomic E-state index is 12.6. The first-order valence-corrected chi connectivity index (χ1v) is 9.50. The van der Waals surface area contributed by atoms with Crippen molar-refractivity contribution < 1.29 is 19.1 Å². The molecule has 6 nitrogen and oxygen atoms in total. The summed E-state index contributed by atoms with van der Waals surface area (Å²) in [5.74, 6) is 1.01. The number of carbonyl (C=O) groups is 2. The number of anilines is 1. The number of hydrogen-bond donors (Lipinski definition) is 2. The summed E-state index contributed by atoms with van der Waals surface area (Å²) in [7, 11) is 3.07. The lowest BCUT2D eigenvalue weighted by molar-refractivity contribution is -0.119. The first kappa shape index (κ1) is 19.7. The molecule has 0 atom stereocenters. The number of methoxy groups -OCH3 is 2. The molecule has 1 aliphatic rings. The second kappa shape index (κ2) is 9.26. The Morgan fingerprint density at radius 1 is 1.04 bits per heavy atom. The van der Waals surface area contributed by atoms with Gasteiger partial charge in [0.25, 0.3) is 5.91 Å². The van der Waals surface area contributed by atoms with Gasteiger partial charge in [-0.2, -0.15) is 0 Å². The zero-order valence-electron chi connectivity index (χ0n) is 16.3. The fourth-order valence-electron chi connectivity index (χ4n) is 3.46. The van der Waals surface area contributed by atoms with Gasteiger partial charge in [0.05, 0.1) is 19.8 Å². The van der Waals surface area contributed by atoms with Crippen molar-refractivity contribution in [2.75, 3.05) is 19.5 Å². The summed E-state index contributed by atoms with van der Waals surface area (Å²) in [4.78, 5) is 24.9. The lowest BCUT2D eigenvalue weighted by Crippen LogP contribution is -2.24. The van der Waals surface area contributed by atoms with Gasteiger partial charge in [0.15, 0.2) is 0 Å². The van der Waals surface area contributed by atoms with Crippen LogP contribution in [0.3, 0.4) is 0 Å². The zero-order chi connectivity index (χ0) is 19.9. The van der Waals surface area contributed by atoms with Crippen LogP contribution in [0.2, 0.25) is 0 Å². The zero-order valence-corrected chi connectivity index (χ0v) is 16.3. The van der Waals surface area contributed by atoms with Crippen molar-refractivity contribution >= 4 is 17.5 Å². The number of rotatable bonds is 7. The van der Waals surface area contributed by atoms with Gasteiger partial charge in [-0.25, -0.2) is 0 Å². The molecule has 2 aromatic carbocycles. The van der Waals surface area contributed by atoms with Crippen molar-refractivity contribution in [1.82, 2.24) is 5.32 Å². The molecule has 2 aromatic rings. The number of carbonyl (C=O) groups excluding carboxylic acids is 2. The van der Waals surface area contributed by atoms with E-state index < -0.39 is 0 Å². The number of benzene rings is 2. The van der Waals surface area contributed by atoms with Crippen LogP contribution in [0.5, 0.6) is 11.5 Å². The Morgan fingerprint density at radius 2 is 1.82 bits per heavy atom. The minimum absolute atomic E-state index is 0.0832. The Kier molecular flexibility index (Phi) is 6.53. The highest BCUT2D eigenvalue weighted by Crippen LogP contribution is 2.26. The van der Waals surface area contributed by atoms with Crippen LogP contribution in [-0.4, -0.2) is 26.0 Å². The van der Waals surface area contributed by atoms with Gasteiger partial charge in [-0.3, -0.25) is 9.59 Å². The molecule has 3 rings (SSSR count). The third kappa shape index (κ3) is 4.82. The molecule has 1 aliphatic carbocycles. The highest BCUT2D eigenvalue weighted by molar-refractivity contribution is 5.97. The van der Waals surface area contributed by atoms with Gasteiger partial charge in [-0.05, 0) is 48.7 Å². The maximum Gasteiger partial charge on any atom is 0.255 e. The van der Waals surface area contributed by atoms with Crippen LogP contribution in [0.1, 0.15) is 41.6 Å². The lowest BCUT2D eigenvalue weighted by atomic mass is 10.1. The summed E-state index contributed by atoms with van der Waals surface area (Å²) in [5, 5.41) is 5.88. The summed E-state index contributed by atoms with van der Waals surface area (Å²) in [6, 6.07) is 12.6. The standard InChI is InChI=1S/C22H26N2O4/c1-27-18-10-11-20(28-2)19(13-18)22(26)23-14-15-6-5-9-17(12-15)24-21(25)16-7-3-4-8-16/h5-6,9-13,16H,3-4,7-8,14H2,1-2H3,(H,23,26)(H,24,25). The first-order valence-electron chi connectivity index (χ1n) is 9.50. The molecule has 6 heteroatoms. The van der Waals surface area contributed by atoms with Crippen molar-refractivity contribution in [3.05, 3.63) is 53.6 Å². The highest BCUT2D eigenvalue weighted by atomic mass is 16.5. The number of nitrogens with one attached hydrogen (secondary N) is 2. The molecular formula is C22H26N2O4. The van der Waals surface area contributed by atoms with Crippen LogP contribution >= 0.6 is 0 Å². The average molecular weight is 382 g/mol. The minimum atomic E-state index is -0.254. The van der Waals surface area contributed by atoms with Crippen LogP contribution < -0.4 is 20.1 Å². The number of amides is 2. The Labute approximate surface area is 165 Å². The Morgan fingerprint density at radius 3 is 2.54 bits per heavy atom. The van der Waals surface area contributed by atoms with Gasteiger partial charge >= 0.3 is 0 Å². The molecule has 1 saturated carbocycles. The smallest absolute Gasteiger partial charge is 0.255 e. The van der Waals surface area contributed by atoms with E-state index in [1.54, 1.807) is 25.3 Å². The number of ether oxygens (including phenoxy) is 2. The van der Waals surface area contributed by atoms with E-state index in [1.165, 1.54) is 7.11 Å². The van der Waals surface area contributed by atoms with E-state index in [-0.39, 0.29) is 17.7 Å². The molecule has 28 heavy (non-hydrogen) atoms. The fraction of sp³-hybridized carbons (Fsp3) is 0.364. The van der Waals surface area contributed by atoms with Crippen LogP contribution in [0, 0.1) is 5.92 Å². The van der Waals surface area contributed by atoms with Gasteiger partial charge in [-0.15, -0.1) is 0 Å². The monoisotopic (exact) mass is 382 g/mol. The molecule has 0 aliphatic heterocycles. The average Bonchev–Trinajstić information content (AvgIpc) is 3.27. The molecule has 0 spiro atoms. The summed E-state index contributed by atoms with van der Waals surface area (Å²) >= 11 is 0. The minimum Gasteiger partial charge on any atom is -0.497 e. The second-order valence-corrected chi connectivity index (χ2v) is 6.92. The quantitative estimate of drug-likeness (QED) is 0.764. The van der Waals surface area contributed by atoms with Crippen molar-refractivity contribution in [1.29, 1.82) is 0 Å². The maximum absolute atomic E-state index is 12.6. The van der Waals surface area contributed by atoms with Crippen molar-refractivity contribution in [3.8, 4) is 11.5 Å². The highest BCUT2D eigenvalue weighted by Gasteiger charge is 2.22. The van der Waals surface area contributed by atoms with Crippen molar-refractivity contribution in [3.63, 3.8) is 0 Å². The Hall–Kier alpha value is -3.02. The van der Waals surface area contributed by atoms with Gasteiger partial charge < -0.3 is 20.1 Å². The molecule has 0 aromatic heterocycles. The van der Waals surface area contributed by atoms with Crippen LogP contribution in [0.4, 0.5) is 5.69 Å². The summed E-state index contributed by atoms with van der Waals surface area (Å²) in [6.45, 7) is 0.340. The molecule has 1 fully saturated rings. The van der Waals surface area contributed by atoms with E-state index in [9.17, 15) is 9.59 Å². The predicted octanol–water partition coefficient (Wildman–Crippen LogP) is 3.76. The molecule has 0 radical (unpaired) electrons. The van der Waals surface area contributed by atoms with Crippen molar-refractivity contribution in [2.45, 2.75) is 32.2 Å². The van der Waals surface area contributed by atoms with Gasteiger partial charge in [0, 0.05) is 18.2 Å². The molecule has 2 amide bonds. The van der Waals surface area contributed by atoms with E-state index in [2.05, 4.69) is 10.6 Å². The van der Waals surface area contributed by atoms with Crippen molar-refractivity contribution in [2.24, 2.45) is 5.92 Å². The molecular weight excluding hydrogens is 356 g/mol. The van der Waals surface area contributed by atoms with Gasteiger partial charge in [-0.1, -0.05) is 25.0 Å². The van der Waals surface area contributed by atoms with Gasteiger partial charge in [0.2, 0.25) is 5.91 Å². The third-order valence-electron chi connectivity index (χ3n) is 5.02. The summed E-state index contributed by atoms with van der Waals surface area (Å²) in [5.41, 5.74) is 2.06. The predicted molar refractivity (Wildman–Crippen MR) is 108 cm³/mol. The van der Waals surface area contributed by atoms with E-state index in [0.29, 0.717) is 23.6 Å². The first-order chi connectivity index (χ1) is 13.6. The van der Waals surface area contributed by atoms with Crippen LogP contribution in [0.15, 0.2) is 42.5 Å². The molecule has 0 bridgehead atoms. The molecule has 0 saturated heterocycles. The Balaban J connectivity index is 1.63. The van der Waals surface area contributed by atoms with E-state index >= 15 is 0 Å². The van der Waals surface area contributed by atoms with Gasteiger partial charge in [0.1, 0.15) is 11.5 Å². The van der Waals surface area contributed by atoms with E-state index in [4.69, 9.17) is 9.47 Å². The van der Waals surface area contributed by atoms with E-state index in [0.717, 1.165) is 36.9 Å². The van der Waals surface area contributed by atoms with Crippen LogP contribution in [0.25, 0.3) is 0 Å². The molecule has 0 unspecified atom stereocenters. The summed E-state index contributed by atoms with van der Waals surface area (Å²) in [6.07, 6.45) is 4.17. The normalized spacial score (nSPS) is 13.8.